The van der Waals surface area contributed by atoms with Crippen molar-refractivity contribution >= 4 is 28.2 Å². The molecule has 1 aliphatic carbocycles. The average molecular weight is 256 g/mol. The van der Waals surface area contributed by atoms with Crippen LogP contribution in [0.3, 0.4) is 0 Å². The van der Waals surface area contributed by atoms with Crippen LogP contribution >= 0.6 is 11.3 Å². The van der Waals surface area contributed by atoms with Crippen LogP contribution in [0.15, 0.2) is 0 Å². The van der Waals surface area contributed by atoms with Crippen molar-refractivity contribution in [2.24, 2.45) is 0 Å². The molecule has 1 aromatic heterocycles. The van der Waals surface area contributed by atoms with Gasteiger partial charge in [-0.2, -0.15) is 0 Å². The van der Waals surface area contributed by atoms with Gasteiger partial charge in [-0.05, 0) is 12.8 Å². The summed E-state index contributed by atoms with van der Waals surface area (Å²) in [4.78, 5) is 16.4. The van der Waals surface area contributed by atoms with E-state index in [1.165, 1.54) is 11.3 Å². The molecule has 1 aliphatic rings. The fourth-order valence-corrected chi connectivity index (χ4v) is 2.12. The molecule has 2 rings (SSSR count). The van der Waals surface area contributed by atoms with Gasteiger partial charge in [-0.3, -0.25) is 4.79 Å². The lowest BCUT2D eigenvalue weighted by Crippen LogP contribution is -2.25. The van der Waals surface area contributed by atoms with E-state index in [0.717, 1.165) is 12.8 Å². The van der Waals surface area contributed by atoms with Crippen molar-refractivity contribution in [2.45, 2.75) is 18.9 Å². The van der Waals surface area contributed by atoms with E-state index in [-0.39, 0.29) is 11.7 Å². The van der Waals surface area contributed by atoms with Crippen molar-refractivity contribution in [3.05, 3.63) is 4.88 Å². The lowest BCUT2D eigenvalue weighted by molar-refractivity contribution is 0.0956. The first-order chi connectivity index (χ1) is 8.20. The minimum Gasteiger partial charge on any atom is -0.383 e. The Balaban J connectivity index is 1.94. The van der Waals surface area contributed by atoms with Crippen LogP contribution in [-0.2, 0) is 4.74 Å². The number of hydrogen-bond donors (Lipinski definition) is 3. The Hall–Kier alpha value is -1.34. The summed E-state index contributed by atoms with van der Waals surface area (Å²) in [5.41, 5.74) is 5.71. The van der Waals surface area contributed by atoms with Crippen molar-refractivity contribution in [2.75, 3.05) is 31.3 Å². The largest absolute Gasteiger partial charge is 0.383 e. The summed E-state index contributed by atoms with van der Waals surface area (Å²) >= 11 is 1.27. The second-order valence-corrected chi connectivity index (χ2v) is 4.90. The van der Waals surface area contributed by atoms with Crippen molar-refractivity contribution in [1.82, 2.24) is 10.3 Å². The first-order valence-corrected chi connectivity index (χ1v) is 6.32. The molecule has 0 aromatic carbocycles. The van der Waals surface area contributed by atoms with E-state index in [0.29, 0.717) is 29.2 Å². The van der Waals surface area contributed by atoms with Gasteiger partial charge in [-0.25, -0.2) is 4.98 Å². The molecule has 0 saturated heterocycles. The normalized spacial score (nSPS) is 14.6. The highest BCUT2D eigenvalue weighted by molar-refractivity contribution is 7.18. The van der Waals surface area contributed by atoms with E-state index in [1.54, 1.807) is 7.11 Å². The summed E-state index contributed by atoms with van der Waals surface area (Å²) < 4.78 is 4.91. The number of thiazole rings is 1. The Kier molecular flexibility index (Phi) is 3.80. The minimum atomic E-state index is -0.123. The lowest BCUT2D eigenvalue weighted by Gasteiger charge is -2.00. The molecule has 94 valence electrons. The molecule has 1 amide bonds. The molecule has 7 heteroatoms. The molecule has 4 N–H and O–H groups in total. The smallest absolute Gasteiger partial charge is 0.265 e. The van der Waals surface area contributed by atoms with Gasteiger partial charge >= 0.3 is 0 Å². The van der Waals surface area contributed by atoms with Gasteiger partial charge in [-0.15, -0.1) is 0 Å². The molecule has 1 saturated carbocycles. The fourth-order valence-electron chi connectivity index (χ4n) is 1.31. The van der Waals surface area contributed by atoms with Gasteiger partial charge in [0.05, 0.1) is 6.61 Å². The number of ether oxygens (including phenoxy) is 1. The maximum absolute atomic E-state index is 11.8. The Morgan fingerprint density at radius 3 is 3.06 bits per heavy atom. The second kappa shape index (κ2) is 5.33. The number of anilines is 2. The summed E-state index contributed by atoms with van der Waals surface area (Å²) in [5.74, 6) is 0.162. The molecule has 0 unspecified atom stereocenters. The van der Waals surface area contributed by atoms with Crippen molar-refractivity contribution in [3.8, 4) is 0 Å². The van der Waals surface area contributed by atoms with E-state index < -0.39 is 0 Å². The standard InChI is InChI=1S/C10H16N4O2S/c1-16-5-4-12-10-14-8(11)7(17-10)9(15)13-6-2-3-6/h6H,2-5,11H2,1H3,(H,12,14)(H,13,15). The van der Waals surface area contributed by atoms with Crippen LogP contribution in [0.2, 0.25) is 0 Å². The minimum absolute atomic E-state index is 0.123. The number of nitrogen functional groups attached to an aromatic ring is 1. The molecule has 0 radical (unpaired) electrons. The van der Waals surface area contributed by atoms with Crippen LogP contribution in [-0.4, -0.2) is 37.2 Å². The van der Waals surface area contributed by atoms with Crippen molar-refractivity contribution in [3.63, 3.8) is 0 Å². The number of carbonyl (C=O) groups is 1. The fraction of sp³-hybridized carbons (Fsp3) is 0.600. The zero-order valence-corrected chi connectivity index (χ0v) is 10.5. The quantitative estimate of drug-likeness (QED) is 0.651. The second-order valence-electron chi connectivity index (χ2n) is 3.90. The van der Waals surface area contributed by atoms with Gasteiger partial charge in [0.15, 0.2) is 5.13 Å². The topological polar surface area (TPSA) is 89.3 Å². The number of amides is 1. The molecule has 0 aliphatic heterocycles. The molecule has 1 heterocycles. The zero-order chi connectivity index (χ0) is 12.3. The molecule has 0 atom stereocenters. The Morgan fingerprint density at radius 1 is 1.65 bits per heavy atom. The highest BCUT2D eigenvalue weighted by Crippen LogP contribution is 2.26. The predicted octanol–water partition coefficient (Wildman–Crippen LogP) is 0.676. The maximum atomic E-state index is 11.8. The number of aromatic nitrogens is 1. The number of carbonyl (C=O) groups excluding carboxylic acids is 1. The third-order valence-corrected chi connectivity index (χ3v) is 3.38. The van der Waals surface area contributed by atoms with Crippen LogP contribution in [0, 0.1) is 0 Å². The van der Waals surface area contributed by atoms with Gasteiger partial charge in [0.1, 0.15) is 10.7 Å². The van der Waals surface area contributed by atoms with Crippen LogP contribution in [0.4, 0.5) is 10.9 Å². The van der Waals surface area contributed by atoms with Gasteiger partial charge in [-0.1, -0.05) is 11.3 Å². The number of nitrogens with one attached hydrogen (secondary N) is 2. The van der Waals surface area contributed by atoms with E-state index in [9.17, 15) is 4.79 Å². The van der Waals surface area contributed by atoms with Gasteiger partial charge in [0.2, 0.25) is 0 Å². The van der Waals surface area contributed by atoms with Crippen molar-refractivity contribution in [1.29, 1.82) is 0 Å². The SMILES string of the molecule is COCCNc1nc(N)c(C(=O)NC2CC2)s1. The van der Waals surface area contributed by atoms with Gasteiger partial charge < -0.3 is 21.1 Å². The van der Waals surface area contributed by atoms with Crippen LogP contribution in [0.1, 0.15) is 22.5 Å². The number of rotatable bonds is 6. The first-order valence-electron chi connectivity index (χ1n) is 5.50. The average Bonchev–Trinajstić information content (AvgIpc) is 3.02. The van der Waals surface area contributed by atoms with Gasteiger partial charge in [0.25, 0.3) is 5.91 Å². The number of nitrogens with zero attached hydrogens (tertiary/aromatic N) is 1. The molecule has 0 spiro atoms. The van der Waals surface area contributed by atoms with E-state index >= 15 is 0 Å². The van der Waals surface area contributed by atoms with E-state index in [2.05, 4.69) is 15.6 Å². The summed E-state index contributed by atoms with van der Waals surface area (Å²) in [6.45, 7) is 1.23. The molecule has 6 nitrogen and oxygen atoms in total. The third-order valence-electron chi connectivity index (χ3n) is 2.35. The zero-order valence-electron chi connectivity index (χ0n) is 9.66. The third kappa shape index (κ3) is 3.31. The predicted molar refractivity (Wildman–Crippen MR) is 67.4 cm³/mol. The molecule has 1 aromatic rings. The summed E-state index contributed by atoms with van der Waals surface area (Å²) in [6.07, 6.45) is 2.12. The van der Waals surface area contributed by atoms with Crippen LogP contribution in [0.25, 0.3) is 0 Å². The van der Waals surface area contributed by atoms with Crippen molar-refractivity contribution < 1.29 is 9.53 Å². The first kappa shape index (κ1) is 12.1. The number of hydrogen-bond acceptors (Lipinski definition) is 6. The molecule has 17 heavy (non-hydrogen) atoms. The summed E-state index contributed by atoms with van der Waals surface area (Å²) in [7, 11) is 1.63. The molecule has 1 fully saturated rings. The van der Waals surface area contributed by atoms with E-state index in [1.807, 2.05) is 0 Å². The Labute approximate surface area is 104 Å². The Morgan fingerprint density at radius 2 is 2.41 bits per heavy atom. The summed E-state index contributed by atoms with van der Waals surface area (Å²) in [6, 6.07) is 0.328. The number of methoxy groups -OCH3 is 1. The van der Waals surface area contributed by atoms with Crippen LogP contribution in [0.5, 0.6) is 0 Å². The van der Waals surface area contributed by atoms with Crippen LogP contribution < -0.4 is 16.4 Å². The highest BCUT2D eigenvalue weighted by atomic mass is 32.1. The molecule has 0 bridgehead atoms. The summed E-state index contributed by atoms with van der Waals surface area (Å²) in [5, 5.41) is 6.60. The highest BCUT2D eigenvalue weighted by Gasteiger charge is 2.26. The molecular formula is C10H16N4O2S. The Bertz CT molecular complexity index is 403. The maximum Gasteiger partial charge on any atom is 0.265 e. The number of nitrogens with two attached hydrogens (primary N) is 1. The lowest BCUT2D eigenvalue weighted by atomic mass is 10.4. The monoisotopic (exact) mass is 256 g/mol. The van der Waals surface area contributed by atoms with E-state index in [4.69, 9.17) is 10.5 Å². The van der Waals surface area contributed by atoms with Gasteiger partial charge in [0, 0.05) is 19.7 Å². The molecular weight excluding hydrogens is 240 g/mol.